The smallest absolute Gasteiger partial charge is 0.316 e. The fourth-order valence-electron chi connectivity index (χ4n) is 3.13. The third-order valence-corrected chi connectivity index (χ3v) is 8.53. The molecule has 0 spiro atoms. The van der Waals surface area contributed by atoms with Gasteiger partial charge in [-0.1, -0.05) is 47.4 Å². The zero-order valence-electron chi connectivity index (χ0n) is 18.1. The molecule has 178 valence electrons. The van der Waals surface area contributed by atoms with Crippen molar-refractivity contribution < 1.29 is 27.5 Å². The van der Waals surface area contributed by atoms with Gasteiger partial charge in [-0.05, 0) is 36.8 Å². The summed E-state index contributed by atoms with van der Waals surface area (Å²) in [7, 11) is -2.65. The van der Waals surface area contributed by atoms with E-state index in [-0.39, 0.29) is 28.1 Å². The molecule has 2 aromatic carbocycles. The first-order valence-electron chi connectivity index (χ1n) is 9.97. The number of amides is 1. The van der Waals surface area contributed by atoms with Crippen LogP contribution in [0.4, 0.5) is 10.8 Å². The number of sulfonamides is 1. The van der Waals surface area contributed by atoms with Crippen LogP contribution in [-0.2, 0) is 24.3 Å². The number of ether oxygens (including phenoxy) is 2. The molecule has 1 aromatic heterocycles. The highest BCUT2D eigenvalue weighted by atomic mass is 32.2. The van der Waals surface area contributed by atoms with Gasteiger partial charge in [0.1, 0.15) is 5.75 Å². The number of anilines is 2. The van der Waals surface area contributed by atoms with E-state index in [2.05, 4.69) is 20.3 Å². The zero-order chi connectivity index (χ0) is 24.3. The molecule has 1 aliphatic heterocycles. The Morgan fingerprint density at radius 3 is 2.74 bits per heavy atom. The van der Waals surface area contributed by atoms with Gasteiger partial charge in [-0.2, -0.15) is 0 Å². The summed E-state index contributed by atoms with van der Waals surface area (Å²) in [4.78, 5) is 24.4. The van der Waals surface area contributed by atoms with Gasteiger partial charge in [0.05, 0.1) is 30.0 Å². The highest BCUT2D eigenvalue weighted by Crippen LogP contribution is 2.38. The summed E-state index contributed by atoms with van der Waals surface area (Å²) in [6.45, 7) is 1.62. The largest absolute Gasteiger partial charge is 0.476 e. The Morgan fingerprint density at radius 1 is 1.24 bits per heavy atom. The molecule has 4 rings (SSSR count). The molecule has 0 saturated heterocycles. The fourth-order valence-corrected chi connectivity index (χ4v) is 6.21. The van der Waals surface area contributed by atoms with E-state index in [0.29, 0.717) is 10.0 Å². The second-order valence-electron chi connectivity index (χ2n) is 7.15. The molecule has 0 bridgehead atoms. The van der Waals surface area contributed by atoms with Crippen LogP contribution >= 0.6 is 23.1 Å². The monoisotopic (exact) mass is 520 g/mol. The van der Waals surface area contributed by atoms with Crippen LogP contribution in [0.2, 0.25) is 0 Å². The van der Waals surface area contributed by atoms with E-state index < -0.39 is 28.0 Å². The molecular weight excluding hydrogens is 500 g/mol. The highest BCUT2D eigenvalue weighted by molar-refractivity contribution is 8.01. The number of hydrogen-bond acceptors (Lipinski definition) is 10. The number of benzene rings is 2. The zero-order valence-corrected chi connectivity index (χ0v) is 20.6. The minimum absolute atomic E-state index is 0.0628. The molecule has 0 unspecified atom stereocenters. The fraction of sp³-hybridized carbons (Fsp3) is 0.238. The molecule has 3 aromatic rings. The van der Waals surface area contributed by atoms with Crippen molar-refractivity contribution in [1.82, 2.24) is 10.2 Å². The molecule has 1 N–H and O–H groups in total. The standard InChI is InChI=1S/C21H20N4O6S3/c1-13-8-9-15-16(10-13)31-17(11-25(15)34(28,29)14-6-4-3-5-7-14)19(27)22-20-23-24-21(33-20)32-12-18(26)30-2/h3-10,17H,11-12H2,1-2H3,(H,22,23,27)/t17-/m1/s1. The molecule has 10 nitrogen and oxygen atoms in total. The number of nitrogens with one attached hydrogen (secondary N) is 1. The lowest BCUT2D eigenvalue weighted by Crippen LogP contribution is -2.48. The second kappa shape index (κ2) is 9.99. The number of aromatic nitrogens is 2. The van der Waals surface area contributed by atoms with Gasteiger partial charge in [0.15, 0.2) is 10.4 Å². The summed E-state index contributed by atoms with van der Waals surface area (Å²) in [5.41, 5.74) is 1.21. The highest BCUT2D eigenvalue weighted by Gasteiger charge is 2.38. The van der Waals surface area contributed by atoms with Crippen molar-refractivity contribution >= 4 is 55.8 Å². The summed E-state index contributed by atoms with van der Waals surface area (Å²) in [6, 6.07) is 13.1. The molecule has 0 saturated carbocycles. The molecule has 13 heteroatoms. The molecule has 0 fully saturated rings. The summed E-state index contributed by atoms with van der Waals surface area (Å²) in [5.74, 6) is -0.624. The van der Waals surface area contributed by atoms with Crippen molar-refractivity contribution in [3.8, 4) is 5.75 Å². The number of hydrogen-bond donors (Lipinski definition) is 1. The second-order valence-corrected chi connectivity index (χ2v) is 11.2. The number of methoxy groups -OCH3 is 1. The lowest BCUT2D eigenvalue weighted by molar-refractivity contribution is -0.137. The van der Waals surface area contributed by atoms with Gasteiger partial charge in [-0.15, -0.1) is 10.2 Å². The van der Waals surface area contributed by atoms with E-state index in [0.717, 1.165) is 28.7 Å². The number of carbonyl (C=O) groups excluding carboxylic acids is 2. The van der Waals surface area contributed by atoms with Crippen LogP contribution in [0.25, 0.3) is 0 Å². The van der Waals surface area contributed by atoms with Crippen LogP contribution < -0.4 is 14.4 Å². The van der Waals surface area contributed by atoms with E-state index in [4.69, 9.17) is 4.74 Å². The lowest BCUT2D eigenvalue weighted by Gasteiger charge is -2.34. The van der Waals surface area contributed by atoms with Crippen molar-refractivity contribution in [2.24, 2.45) is 0 Å². The molecule has 1 aliphatic rings. The SMILES string of the molecule is COC(=O)CSc1nnc(NC(=O)[C@H]2CN(S(=O)(=O)c3ccccc3)c3ccc(C)cc3O2)s1. The Morgan fingerprint density at radius 2 is 2.00 bits per heavy atom. The number of fused-ring (bicyclic) bond motifs is 1. The number of thioether (sulfide) groups is 1. The van der Waals surface area contributed by atoms with Crippen LogP contribution in [0.15, 0.2) is 57.8 Å². The normalized spacial score (nSPS) is 15.2. The van der Waals surface area contributed by atoms with Gasteiger partial charge in [0, 0.05) is 0 Å². The van der Waals surface area contributed by atoms with Crippen LogP contribution in [0.5, 0.6) is 5.75 Å². The quantitative estimate of drug-likeness (QED) is 0.284. The first-order chi connectivity index (χ1) is 16.3. The number of nitrogens with zero attached hydrogens (tertiary/aromatic N) is 3. The van der Waals surface area contributed by atoms with Crippen molar-refractivity contribution in [1.29, 1.82) is 0 Å². The predicted molar refractivity (Wildman–Crippen MR) is 128 cm³/mol. The van der Waals surface area contributed by atoms with Crippen LogP contribution in [0.3, 0.4) is 0 Å². The van der Waals surface area contributed by atoms with Crippen LogP contribution in [-0.4, -0.2) is 56.0 Å². The molecule has 1 amide bonds. The van der Waals surface area contributed by atoms with Crippen LogP contribution in [0.1, 0.15) is 5.56 Å². The van der Waals surface area contributed by atoms with Crippen LogP contribution in [0, 0.1) is 6.92 Å². The molecule has 2 heterocycles. The van der Waals surface area contributed by atoms with E-state index in [1.807, 2.05) is 6.92 Å². The van der Waals surface area contributed by atoms with E-state index >= 15 is 0 Å². The van der Waals surface area contributed by atoms with Crippen molar-refractivity contribution in [2.75, 3.05) is 29.0 Å². The lowest BCUT2D eigenvalue weighted by atomic mass is 10.1. The topological polar surface area (TPSA) is 128 Å². The first kappa shape index (κ1) is 24.0. The van der Waals surface area contributed by atoms with Crippen molar-refractivity contribution in [3.05, 3.63) is 54.1 Å². The average molecular weight is 521 g/mol. The van der Waals surface area contributed by atoms with Gasteiger partial charge in [0.2, 0.25) is 5.13 Å². The van der Waals surface area contributed by atoms with E-state index in [1.165, 1.54) is 23.5 Å². The number of aryl methyl sites for hydroxylation is 1. The number of esters is 1. The third kappa shape index (κ3) is 5.16. The minimum Gasteiger partial charge on any atom is -0.476 e. The Balaban J connectivity index is 1.56. The van der Waals surface area contributed by atoms with E-state index in [1.54, 1.807) is 36.4 Å². The molecule has 34 heavy (non-hydrogen) atoms. The molecule has 1 atom stereocenters. The van der Waals surface area contributed by atoms with E-state index in [9.17, 15) is 18.0 Å². The van der Waals surface area contributed by atoms with Gasteiger partial charge < -0.3 is 9.47 Å². The molecule has 0 aliphatic carbocycles. The van der Waals surface area contributed by atoms with Crippen molar-refractivity contribution in [2.45, 2.75) is 22.3 Å². The van der Waals surface area contributed by atoms with Gasteiger partial charge in [-0.25, -0.2) is 8.42 Å². The Kier molecular flexibility index (Phi) is 7.05. The first-order valence-corrected chi connectivity index (χ1v) is 13.2. The molecule has 0 radical (unpaired) electrons. The third-order valence-electron chi connectivity index (χ3n) is 4.79. The summed E-state index contributed by atoms with van der Waals surface area (Å²) < 4.78 is 38.9. The average Bonchev–Trinajstić information content (AvgIpc) is 3.29. The number of carbonyl (C=O) groups is 2. The Labute approximate surface area is 204 Å². The maximum absolute atomic E-state index is 13.4. The maximum atomic E-state index is 13.4. The Hall–Kier alpha value is -3.16. The summed E-state index contributed by atoms with van der Waals surface area (Å²) in [6.07, 6.45) is -1.12. The minimum atomic E-state index is -3.94. The Bertz CT molecular complexity index is 1310. The molecular formula is C21H20N4O6S3. The van der Waals surface area contributed by atoms with Crippen molar-refractivity contribution in [3.63, 3.8) is 0 Å². The number of rotatable bonds is 7. The summed E-state index contributed by atoms with van der Waals surface area (Å²) >= 11 is 2.21. The van der Waals surface area contributed by atoms with Gasteiger partial charge in [-0.3, -0.25) is 19.2 Å². The van der Waals surface area contributed by atoms with Gasteiger partial charge in [0.25, 0.3) is 15.9 Å². The summed E-state index contributed by atoms with van der Waals surface area (Å²) in [5, 5.41) is 10.7. The van der Waals surface area contributed by atoms with Gasteiger partial charge >= 0.3 is 5.97 Å². The predicted octanol–water partition coefficient (Wildman–Crippen LogP) is 2.71. The maximum Gasteiger partial charge on any atom is 0.316 e.